The molecule has 1 aliphatic carbocycles. The number of nitrogens with one attached hydrogen (secondary N) is 1. The van der Waals surface area contributed by atoms with Gasteiger partial charge >= 0.3 is 0 Å². The van der Waals surface area contributed by atoms with E-state index < -0.39 is 0 Å². The Hall–Kier alpha value is -1.28. The molecular weight excluding hydrogens is 439 g/mol. The van der Waals surface area contributed by atoms with Crippen LogP contribution in [0.4, 0.5) is 0 Å². The van der Waals surface area contributed by atoms with Gasteiger partial charge in [0.25, 0.3) is 0 Å². The van der Waals surface area contributed by atoms with Crippen molar-refractivity contribution in [2.24, 2.45) is 4.99 Å². The van der Waals surface area contributed by atoms with Crippen LogP contribution in [-0.4, -0.2) is 36.7 Å². The van der Waals surface area contributed by atoms with Crippen LogP contribution in [-0.2, 0) is 12.0 Å². The summed E-state index contributed by atoms with van der Waals surface area (Å²) >= 11 is 6.13. The molecular formula is C17H22ClIN4O. The highest BCUT2D eigenvalue weighted by atomic mass is 127. The van der Waals surface area contributed by atoms with Crippen molar-refractivity contribution >= 4 is 41.5 Å². The molecule has 1 fully saturated rings. The molecule has 0 spiro atoms. The second-order valence-corrected chi connectivity index (χ2v) is 6.47. The number of benzene rings is 1. The van der Waals surface area contributed by atoms with E-state index in [1.54, 1.807) is 13.3 Å². The van der Waals surface area contributed by atoms with Crippen molar-refractivity contribution in [3.05, 3.63) is 52.9 Å². The van der Waals surface area contributed by atoms with Gasteiger partial charge < -0.3 is 14.7 Å². The zero-order chi connectivity index (χ0) is 16.3. The molecule has 0 aliphatic heterocycles. The SMILES string of the molecule is CN=C(NCC1(c2cccc(Cl)c2)CC1)N(C)Cc1ccon1.I. The fourth-order valence-electron chi connectivity index (χ4n) is 2.81. The van der Waals surface area contributed by atoms with E-state index in [1.165, 1.54) is 18.4 Å². The van der Waals surface area contributed by atoms with E-state index in [1.807, 2.05) is 30.1 Å². The van der Waals surface area contributed by atoms with E-state index >= 15 is 0 Å². The molecule has 1 aromatic heterocycles. The Morgan fingerprint density at radius 2 is 2.21 bits per heavy atom. The van der Waals surface area contributed by atoms with E-state index in [-0.39, 0.29) is 29.4 Å². The van der Waals surface area contributed by atoms with Crippen molar-refractivity contribution in [3.8, 4) is 0 Å². The maximum atomic E-state index is 6.13. The normalized spacial score (nSPS) is 15.5. The highest BCUT2D eigenvalue weighted by molar-refractivity contribution is 14.0. The first-order chi connectivity index (χ1) is 11.1. The molecule has 3 rings (SSSR count). The van der Waals surface area contributed by atoms with Gasteiger partial charge in [0.05, 0.1) is 6.54 Å². The Kier molecular flexibility index (Phi) is 6.51. The summed E-state index contributed by atoms with van der Waals surface area (Å²) < 4.78 is 4.87. The Morgan fingerprint density at radius 3 is 2.79 bits per heavy atom. The van der Waals surface area contributed by atoms with Crippen LogP contribution < -0.4 is 5.32 Å². The maximum absolute atomic E-state index is 6.13. The van der Waals surface area contributed by atoms with E-state index in [2.05, 4.69) is 27.6 Å². The lowest BCUT2D eigenvalue weighted by Gasteiger charge is -2.24. The van der Waals surface area contributed by atoms with Crippen LogP contribution in [0.25, 0.3) is 0 Å². The second kappa shape index (κ2) is 8.20. The predicted octanol–water partition coefficient (Wildman–Crippen LogP) is 3.69. The van der Waals surface area contributed by atoms with Gasteiger partial charge in [-0.3, -0.25) is 4.99 Å². The number of aromatic nitrogens is 1. The first-order valence-corrected chi connectivity index (χ1v) is 8.08. The number of aliphatic imine (C=N–C) groups is 1. The zero-order valence-electron chi connectivity index (χ0n) is 13.8. The van der Waals surface area contributed by atoms with E-state index in [4.69, 9.17) is 16.1 Å². The summed E-state index contributed by atoms with van der Waals surface area (Å²) in [5.74, 6) is 0.848. The Balaban J connectivity index is 0.00000208. The third-order valence-corrected chi connectivity index (χ3v) is 4.57. The molecule has 0 bridgehead atoms. The number of hydrogen-bond acceptors (Lipinski definition) is 3. The van der Waals surface area contributed by atoms with Crippen LogP contribution in [0.5, 0.6) is 0 Å². The van der Waals surface area contributed by atoms with Crippen molar-refractivity contribution in [2.75, 3.05) is 20.6 Å². The van der Waals surface area contributed by atoms with Crippen molar-refractivity contribution in [2.45, 2.75) is 24.8 Å². The molecule has 5 nitrogen and oxygen atoms in total. The number of hydrogen-bond donors (Lipinski definition) is 1. The fraction of sp³-hybridized carbons (Fsp3) is 0.412. The molecule has 7 heteroatoms. The minimum absolute atomic E-state index is 0. The van der Waals surface area contributed by atoms with Crippen molar-refractivity contribution < 1.29 is 4.52 Å². The minimum atomic E-state index is 0. The topological polar surface area (TPSA) is 53.7 Å². The molecule has 1 aliphatic rings. The summed E-state index contributed by atoms with van der Waals surface area (Å²) in [5, 5.41) is 8.21. The smallest absolute Gasteiger partial charge is 0.193 e. The highest BCUT2D eigenvalue weighted by Gasteiger charge is 2.44. The summed E-state index contributed by atoms with van der Waals surface area (Å²) in [7, 11) is 3.78. The van der Waals surface area contributed by atoms with Crippen LogP contribution in [0.3, 0.4) is 0 Å². The van der Waals surface area contributed by atoms with Gasteiger partial charge in [0.15, 0.2) is 5.96 Å². The van der Waals surface area contributed by atoms with E-state index in [0.717, 1.165) is 23.2 Å². The van der Waals surface area contributed by atoms with Crippen molar-refractivity contribution in [3.63, 3.8) is 0 Å². The lowest BCUT2D eigenvalue weighted by Crippen LogP contribution is -2.42. The molecule has 0 radical (unpaired) electrons. The van der Waals surface area contributed by atoms with Gasteiger partial charge in [-0.25, -0.2) is 0 Å². The van der Waals surface area contributed by atoms with Crippen LogP contribution in [0.2, 0.25) is 5.02 Å². The predicted molar refractivity (Wildman–Crippen MR) is 107 cm³/mol. The van der Waals surface area contributed by atoms with Crippen molar-refractivity contribution in [1.29, 1.82) is 0 Å². The molecule has 0 atom stereocenters. The van der Waals surface area contributed by atoms with Gasteiger partial charge in [-0.15, -0.1) is 24.0 Å². The number of halogens is 2. The van der Waals surface area contributed by atoms with Gasteiger partial charge in [-0.05, 0) is 30.5 Å². The molecule has 0 unspecified atom stereocenters. The second-order valence-electron chi connectivity index (χ2n) is 6.04. The molecule has 0 saturated heterocycles. The van der Waals surface area contributed by atoms with Gasteiger partial charge in [-0.1, -0.05) is 28.9 Å². The van der Waals surface area contributed by atoms with Gasteiger partial charge in [0, 0.05) is 37.1 Å². The Morgan fingerprint density at radius 1 is 1.42 bits per heavy atom. The fourth-order valence-corrected chi connectivity index (χ4v) is 3.00. The average Bonchev–Trinajstić information content (AvgIpc) is 3.16. The quantitative estimate of drug-likeness (QED) is 0.420. The summed E-state index contributed by atoms with van der Waals surface area (Å²) in [5.41, 5.74) is 2.36. The lowest BCUT2D eigenvalue weighted by molar-refractivity contribution is 0.390. The maximum Gasteiger partial charge on any atom is 0.193 e. The third kappa shape index (κ3) is 4.42. The van der Waals surface area contributed by atoms with E-state index in [9.17, 15) is 0 Å². The highest BCUT2D eigenvalue weighted by Crippen LogP contribution is 2.48. The Labute approximate surface area is 164 Å². The molecule has 1 heterocycles. The summed E-state index contributed by atoms with van der Waals surface area (Å²) in [6.45, 7) is 1.50. The van der Waals surface area contributed by atoms with Crippen LogP contribution >= 0.6 is 35.6 Å². The van der Waals surface area contributed by atoms with Gasteiger partial charge in [0.2, 0.25) is 0 Å². The molecule has 1 saturated carbocycles. The van der Waals surface area contributed by atoms with Crippen LogP contribution in [0.15, 0.2) is 46.1 Å². The standard InChI is InChI=1S/C17H21ClN4O.HI/c1-19-16(22(2)11-15-6-9-23-21-15)20-12-17(7-8-17)13-4-3-5-14(18)10-13;/h3-6,9-10H,7-8,11-12H2,1-2H3,(H,19,20);1H. The molecule has 130 valence electrons. The number of nitrogens with zero attached hydrogens (tertiary/aromatic N) is 3. The summed E-state index contributed by atoms with van der Waals surface area (Å²) in [6, 6.07) is 10.0. The van der Waals surface area contributed by atoms with Gasteiger partial charge in [-0.2, -0.15) is 0 Å². The minimum Gasteiger partial charge on any atom is -0.364 e. The molecule has 0 amide bonds. The monoisotopic (exact) mass is 460 g/mol. The third-order valence-electron chi connectivity index (χ3n) is 4.34. The van der Waals surface area contributed by atoms with Crippen molar-refractivity contribution in [1.82, 2.24) is 15.4 Å². The first-order valence-electron chi connectivity index (χ1n) is 7.70. The largest absolute Gasteiger partial charge is 0.364 e. The average molecular weight is 461 g/mol. The molecule has 1 N–H and O–H groups in total. The number of guanidine groups is 1. The number of rotatable bonds is 5. The molecule has 24 heavy (non-hydrogen) atoms. The van der Waals surface area contributed by atoms with Crippen LogP contribution in [0, 0.1) is 0 Å². The lowest BCUT2D eigenvalue weighted by atomic mass is 9.96. The zero-order valence-corrected chi connectivity index (χ0v) is 16.9. The first kappa shape index (κ1) is 19.1. The molecule has 1 aromatic carbocycles. The van der Waals surface area contributed by atoms with Gasteiger partial charge in [0.1, 0.15) is 12.0 Å². The summed E-state index contributed by atoms with van der Waals surface area (Å²) in [6.07, 6.45) is 3.92. The van der Waals surface area contributed by atoms with E-state index in [0.29, 0.717) is 6.54 Å². The summed E-state index contributed by atoms with van der Waals surface area (Å²) in [4.78, 5) is 6.39. The molecule has 2 aromatic rings. The van der Waals surface area contributed by atoms with Crippen LogP contribution in [0.1, 0.15) is 24.1 Å². The Bertz CT molecular complexity index is 686.